The van der Waals surface area contributed by atoms with Gasteiger partial charge < -0.3 is 15.5 Å². The average Bonchev–Trinajstić information content (AvgIpc) is 3.50. The zero-order valence-corrected chi connectivity index (χ0v) is 20.5. The van der Waals surface area contributed by atoms with E-state index in [-0.39, 0.29) is 30.4 Å². The largest absolute Gasteiger partial charge is 0.416 e. The van der Waals surface area contributed by atoms with Crippen LogP contribution in [0.15, 0.2) is 48.5 Å². The molecule has 1 aliphatic carbocycles. The highest BCUT2D eigenvalue weighted by Crippen LogP contribution is 2.43. The van der Waals surface area contributed by atoms with E-state index in [1.165, 1.54) is 43.4 Å². The number of nitrogens with one attached hydrogen (secondary N) is 2. The van der Waals surface area contributed by atoms with Crippen LogP contribution in [0.4, 0.5) is 18.9 Å². The highest BCUT2D eigenvalue weighted by Gasteiger charge is 2.43. The van der Waals surface area contributed by atoms with Crippen LogP contribution in [0.1, 0.15) is 59.5 Å². The summed E-state index contributed by atoms with van der Waals surface area (Å²) in [6.45, 7) is 0. The van der Waals surface area contributed by atoms with Crippen LogP contribution >= 0.6 is 24.8 Å². The smallest absolute Gasteiger partial charge is 0.322 e. The first-order valence-corrected chi connectivity index (χ1v) is 11.3. The number of alkyl halides is 3. The van der Waals surface area contributed by atoms with E-state index >= 15 is 0 Å². The summed E-state index contributed by atoms with van der Waals surface area (Å²) in [5.74, 6) is -0.0627. The number of benzene rings is 2. The van der Waals surface area contributed by atoms with Gasteiger partial charge in [-0.05, 0) is 75.0 Å². The van der Waals surface area contributed by atoms with Gasteiger partial charge in [0.15, 0.2) is 0 Å². The summed E-state index contributed by atoms with van der Waals surface area (Å²) in [6, 6.07) is 14.7. The molecule has 0 radical (unpaired) electrons. The molecule has 4 nitrogen and oxygen atoms in total. The first-order valence-electron chi connectivity index (χ1n) is 11.3. The SMILES string of the molecule is CN1C2CCC1CC(N[C@@H]1C[C@H]1c1ccc(NC(=O)c3cccc(C(F)(F)F)c3)cc1)C2.Cl.Cl. The third-order valence-corrected chi connectivity index (χ3v) is 7.39. The van der Waals surface area contributed by atoms with Crippen LogP contribution in [0.5, 0.6) is 0 Å². The maximum Gasteiger partial charge on any atom is 0.416 e. The molecule has 9 heteroatoms. The predicted octanol–water partition coefficient (Wildman–Crippen LogP) is 5.87. The van der Waals surface area contributed by atoms with E-state index in [1.54, 1.807) is 0 Å². The Labute approximate surface area is 210 Å². The van der Waals surface area contributed by atoms with Crippen molar-refractivity contribution in [1.29, 1.82) is 0 Å². The molecule has 2 aromatic rings. The van der Waals surface area contributed by atoms with Crippen LogP contribution in [0.3, 0.4) is 0 Å². The second-order valence-electron chi connectivity index (χ2n) is 9.49. The van der Waals surface area contributed by atoms with Gasteiger partial charge in [-0.15, -0.1) is 24.8 Å². The van der Waals surface area contributed by atoms with Crippen molar-refractivity contribution in [3.8, 4) is 0 Å². The number of carbonyl (C=O) groups is 1. The normalized spacial score (nSPS) is 27.9. The zero-order valence-electron chi connectivity index (χ0n) is 18.8. The van der Waals surface area contributed by atoms with E-state index in [2.05, 4.69) is 22.6 Å². The first kappa shape index (κ1) is 26.8. The lowest BCUT2D eigenvalue weighted by Crippen LogP contribution is -2.47. The van der Waals surface area contributed by atoms with Gasteiger partial charge in [0, 0.05) is 41.3 Å². The Morgan fingerprint density at radius 1 is 0.971 bits per heavy atom. The molecule has 2 heterocycles. The van der Waals surface area contributed by atoms with Crippen molar-refractivity contribution in [2.75, 3.05) is 12.4 Å². The van der Waals surface area contributed by atoms with Crippen molar-refractivity contribution in [2.45, 2.75) is 68.4 Å². The minimum Gasteiger partial charge on any atom is -0.322 e. The van der Waals surface area contributed by atoms with Crippen LogP contribution in [0, 0.1) is 0 Å². The quantitative estimate of drug-likeness (QED) is 0.523. The highest BCUT2D eigenvalue weighted by atomic mass is 35.5. The zero-order chi connectivity index (χ0) is 22.5. The van der Waals surface area contributed by atoms with Crippen LogP contribution in [0.2, 0.25) is 0 Å². The number of fused-ring (bicyclic) bond motifs is 2. The number of piperidine rings is 1. The summed E-state index contributed by atoms with van der Waals surface area (Å²) in [6.07, 6.45) is 1.76. The second-order valence-corrected chi connectivity index (χ2v) is 9.49. The van der Waals surface area contributed by atoms with E-state index in [0.717, 1.165) is 30.6 Å². The van der Waals surface area contributed by atoms with Crippen molar-refractivity contribution in [3.05, 3.63) is 65.2 Å². The average molecular weight is 516 g/mol. The molecule has 1 amide bonds. The van der Waals surface area contributed by atoms with Crippen LogP contribution in [-0.2, 0) is 6.18 Å². The monoisotopic (exact) mass is 515 g/mol. The number of amides is 1. The molecule has 1 saturated carbocycles. The number of carbonyl (C=O) groups excluding carboxylic acids is 1. The molecule has 34 heavy (non-hydrogen) atoms. The highest BCUT2D eigenvalue weighted by molar-refractivity contribution is 6.04. The maximum atomic E-state index is 12.9. The predicted molar refractivity (Wildman–Crippen MR) is 132 cm³/mol. The Bertz CT molecular complexity index is 988. The lowest BCUT2D eigenvalue weighted by molar-refractivity contribution is -0.137. The number of halogens is 5. The van der Waals surface area contributed by atoms with E-state index in [1.807, 2.05) is 24.3 Å². The van der Waals surface area contributed by atoms with Crippen molar-refractivity contribution >= 4 is 36.4 Å². The van der Waals surface area contributed by atoms with Gasteiger partial charge in [-0.3, -0.25) is 4.79 Å². The standard InChI is InChI=1S/C25H28F3N3O.2ClH/c1-31-20-9-10-21(31)13-19(12-20)29-23-14-22(23)15-5-7-18(8-6-15)30-24(32)16-3-2-4-17(11-16)25(26,27)28;;/h2-8,11,19-23,29H,9-10,12-14H2,1H3,(H,30,32);2*1H/t19?,20?,21?,22-,23+;;/m0../s1. The number of hydrogen-bond acceptors (Lipinski definition) is 3. The molecule has 2 unspecified atom stereocenters. The first-order chi connectivity index (χ1) is 15.3. The van der Waals surface area contributed by atoms with Gasteiger partial charge in [0.1, 0.15) is 0 Å². The van der Waals surface area contributed by atoms with Gasteiger partial charge in [0.25, 0.3) is 5.91 Å². The Hall–Kier alpha value is -1.80. The Balaban J connectivity index is 0.00000162. The van der Waals surface area contributed by atoms with E-state index in [0.29, 0.717) is 23.7 Å². The Morgan fingerprint density at radius 2 is 1.62 bits per heavy atom. The van der Waals surface area contributed by atoms with E-state index in [4.69, 9.17) is 0 Å². The summed E-state index contributed by atoms with van der Waals surface area (Å²) in [4.78, 5) is 14.9. The third-order valence-electron chi connectivity index (χ3n) is 7.39. The maximum absolute atomic E-state index is 12.9. The molecule has 186 valence electrons. The van der Waals surface area contributed by atoms with Gasteiger partial charge in [0.2, 0.25) is 0 Å². The number of anilines is 1. The molecule has 2 bridgehead atoms. The minimum atomic E-state index is -4.47. The summed E-state index contributed by atoms with van der Waals surface area (Å²) >= 11 is 0. The minimum absolute atomic E-state index is 0. The van der Waals surface area contributed by atoms with Crippen LogP contribution < -0.4 is 10.6 Å². The van der Waals surface area contributed by atoms with Crippen molar-refractivity contribution in [2.24, 2.45) is 0 Å². The molecule has 2 saturated heterocycles. The van der Waals surface area contributed by atoms with Gasteiger partial charge in [-0.25, -0.2) is 0 Å². The molecule has 3 aliphatic rings. The number of nitrogens with zero attached hydrogens (tertiary/aromatic N) is 1. The van der Waals surface area contributed by atoms with Crippen LogP contribution in [-0.4, -0.2) is 42.0 Å². The van der Waals surface area contributed by atoms with Crippen molar-refractivity contribution < 1.29 is 18.0 Å². The third kappa shape index (κ3) is 5.70. The number of hydrogen-bond donors (Lipinski definition) is 2. The molecule has 4 atom stereocenters. The second kappa shape index (κ2) is 10.4. The van der Waals surface area contributed by atoms with E-state index in [9.17, 15) is 18.0 Å². The fourth-order valence-electron chi connectivity index (χ4n) is 5.45. The molecule has 5 rings (SSSR count). The number of rotatable bonds is 5. The molecular formula is C25H30Cl2F3N3O. The molecule has 2 aromatic carbocycles. The summed E-state index contributed by atoms with van der Waals surface area (Å²) < 4.78 is 38.6. The van der Waals surface area contributed by atoms with Gasteiger partial charge >= 0.3 is 6.18 Å². The fraction of sp³-hybridized carbons (Fsp3) is 0.480. The fourth-order valence-corrected chi connectivity index (χ4v) is 5.45. The molecule has 2 aliphatic heterocycles. The molecule has 0 spiro atoms. The van der Waals surface area contributed by atoms with Crippen LogP contribution in [0.25, 0.3) is 0 Å². The molecule has 3 fully saturated rings. The lowest BCUT2D eigenvalue weighted by atomic mass is 9.98. The summed E-state index contributed by atoms with van der Waals surface area (Å²) in [7, 11) is 2.26. The molecule has 2 N–H and O–H groups in total. The topological polar surface area (TPSA) is 44.4 Å². The van der Waals surface area contributed by atoms with Gasteiger partial charge in [-0.1, -0.05) is 18.2 Å². The molecule has 0 aromatic heterocycles. The van der Waals surface area contributed by atoms with Crippen molar-refractivity contribution in [1.82, 2.24) is 10.2 Å². The van der Waals surface area contributed by atoms with Crippen molar-refractivity contribution in [3.63, 3.8) is 0 Å². The summed E-state index contributed by atoms with van der Waals surface area (Å²) in [5.41, 5.74) is 0.969. The van der Waals surface area contributed by atoms with E-state index < -0.39 is 17.6 Å². The lowest BCUT2D eigenvalue weighted by Gasteiger charge is -2.37. The summed E-state index contributed by atoms with van der Waals surface area (Å²) in [5, 5.41) is 6.55. The Kier molecular flexibility index (Phi) is 8.23. The molecular weight excluding hydrogens is 486 g/mol. The van der Waals surface area contributed by atoms with Gasteiger partial charge in [0.05, 0.1) is 5.56 Å². The van der Waals surface area contributed by atoms with Gasteiger partial charge in [-0.2, -0.15) is 13.2 Å². The Morgan fingerprint density at radius 3 is 2.24 bits per heavy atom.